The fourth-order valence-corrected chi connectivity index (χ4v) is 3.96. The van der Waals surface area contributed by atoms with Crippen LogP contribution in [0.1, 0.15) is 55.2 Å². The molecule has 42 heavy (non-hydrogen) atoms. The smallest absolute Gasteiger partial charge is 0.408 e. The number of hydrogen-bond acceptors (Lipinski definition) is 7. The number of rotatable bonds is 17. The van der Waals surface area contributed by atoms with Crippen molar-refractivity contribution in [3.8, 4) is 0 Å². The molecule has 2 amide bonds. The number of amides is 2. The summed E-state index contributed by atoms with van der Waals surface area (Å²) in [6.07, 6.45) is 1.72. The zero-order valence-electron chi connectivity index (χ0n) is 23.7. The molecule has 2 N–H and O–H groups in total. The Bertz CT molecular complexity index is 1240. The summed E-state index contributed by atoms with van der Waals surface area (Å²) in [6.45, 7) is 0.788. The van der Waals surface area contributed by atoms with Crippen molar-refractivity contribution in [3.05, 3.63) is 108 Å². The summed E-state index contributed by atoms with van der Waals surface area (Å²) >= 11 is 0. The molecule has 0 spiro atoms. The lowest BCUT2D eigenvalue weighted by atomic mass is 10.1. The third-order valence-corrected chi connectivity index (χ3v) is 6.30. The van der Waals surface area contributed by atoms with Crippen LogP contribution in [0.3, 0.4) is 0 Å². The van der Waals surface area contributed by atoms with E-state index < -0.39 is 18.1 Å². The molecule has 0 fully saturated rings. The van der Waals surface area contributed by atoms with Crippen LogP contribution in [0.2, 0.25) is 0 Å². The lowest BCUT2D eigenvalue weighted by molar-refractivity contribution is -0.148. The summed E-state index contributed by atoms with van der Waals surface area (Å²) < 4.78 is 15.9. The fourth-order valence-electron chi connectivity index (χ4n) is 3.96. The summed E-state index contributed by atoms with van der Waals surface area (Å²) in [5, 5.41) is 5.35. The largest absolute Gasteiger partial charge is 0.461 e. The molecule has 9 heteroatoms. The SMILES string of the molecule is O=C(CC[C@H](NC(=O)OCc1ccccc1)C(=O)OCc1ccccc1)NCCCCCC(=O)OCc1ccccc1. The second kappa shape index (κ2) is 18.6. The van der Waals surface area contributed by atoms with Crippen molar-refractivity contribution in [1.29, 1.82) is 0 Å². The van der Waals surface area contributed by atoms with E-state index in [1.165, 1.54) is 0 Å². The van der Waals surface area contributed by atoms with Gasteiger partial charge in [-0.25, -0.2) is 9.59 Å². The summed E-state index contributed by atoms with van der Waals surface area (Å²) in [4.78, 5) is 49.5. The molecular weight excluding hydrogens is 536 g/mol. The predicted molar refractivity (Wildman–Crippen MR) is 157 cm³/mol. The van der Waals surface area contributed by atoms with Crippen molar-refractivity contribution in [2.75, 3.05) is 6.54 Å². The minimum atomic E-state index is -1.05. The highest BCUT2D eigenvalue weighted by Crippen LogP contribution is 2.08. The topological polar surface area (TPSA) is 120 Å². The fraction of sp³-hybridized carbons (Fsp3) is 0.333. The third-order valence-electron chi connectivity index (χ3n) is 6.30. The van der Waals surface area contributed by atoms with Crippen molar-refractivity contribution < 1.29 is 33.4 Å². The van der Waals surface area contributed by atoms with Gasteiger partial charge < -0.3 is 24.8 Å². The number of carbonyl (C=O) groups excluding carboxylic acids is 4. The average molecular weight is 575 g/mol. The Labute approximate surface area is 246 Å². The number of benzene rings is 3. The van der Waals surface area contributed by atoms with E-state index in [0.29, 0.717) is 25.8 Å². The zero-order chi connectivity index (χ0) is 29.8. The molecule has 222 valence electrons. The second-order valence-corrected chi connectivity index (χ2v) is 9.70. The summed E-state index contributed by atoms with van der Waals surface area (Å²) in [7, 11) is 0. The number of alkyl carbamates (subject to hydrolysis) is 1. The molecule has 0 aliphatic rings. The van der Waals surface area contributed by atoms with Gasteiger partial charge in [0.15, 0.2) is 0 Å². The van der Waals surface area contributed by atoms with E-state index >= 15 is 0 Å². The van der Waals surface area contributed by atoms with Gasteiger partial charge in [-0.2, -0.15) is 0 Å². The van der Waals surface area contributed by atoms with Gasteiger partial charge in [0.2, 0.25) is 5.91 Å². The first-order valence-corrected chi connectivity index (χ1v) is 14.1. The maximum atomic E-state index is 12.8. The van der Waals surface area contributed by atoms with Crippen molar-refractivity contribution in [3.63, 3.8) is 0 Å². The van der Waals surface area contributed by atoms with Crippen LogP contribution in [-0.4, -0.2) is 36.5 Å². The molecule has 0 aliphatic heterocycles. The molecule has 0 unspecified atom stereocenters. The van der Waals surface area contributed by atoms with E-state index in [4.69, 9.17) is 14.2 Å². The third kappa shape index (κ3) is 13.1. The molecule has 3 aromatic carbocycles. The Morgan fingerprint density at radius 2 is 1.12 bits per heavy atom. The lowest BCUT2D eigenvalue weighted by Crippen LogP contribution is -2.43. The molecule has 0 bridgehead atoms. The van der Waals surface area contributed by atoms with Gasteiger partial charge in [-0.3, -0.25) is 9.59 Å². The molecule has 0 aliphatic carbocycles. The minimum absolute atomic E-state index is 0.00980. The van der Waals surface area contributed by atoms with E-state index in [9.17, 15) is 19.2 Å². The molecule has 0 radical (unpaired) electrons. The normalized spacial score (nSPS) is 11.1. The van der Waals surface area contributed by atoms with E-state index in [1.807, 2.05) is 91.0 Å². The van der Waals surface area contributed by atoms with E-state index in [-0.39, 0.29) is 44.5 Å². The maximum absolute atomic E-state index is 12.8. The molecule has 0 aromatic heterocycles. The predicted octanol–water partition coefficient (Wildman–Crippen LogP) is 5.23. The molecule has 3 rings (SSSR count). The van der Waals surface area contributed by atoms with Gasteiger partial charge in [0.05, 0.1) is 0 Å². The van der Waals surface area contributed by atoms with Gasteiger partial charge in [0, 0.05) is 19.4 Å². The lowest BCUT2D eigenvalue weighted by Gasteiger charge is -2.18. The van der Waals surface area contributed by atoms with Crippen LogP contribution in [-0.2, 0) is 48.4 Å². The highest BCUT2D eigenvalue weighted by atomic mass is 16.6. The summed E-state index contributed by atoms with van der Waals surface area (Å²) in [5.74, 6) is -1.15. The number of ether oxygens (including phenoxy) is 3. The molecule has 0 saturated carbocycles. The Morgan fingerprint density at radius 1 is 0.595 bits per heavy atom. The maximum Gasteiger partial charge on any atom is 0.408 e. The Hall–Kier alpha value is -4.66. The van der Waals surface area contributed by atoms with Crippen LogP contribution < -0.4 is 10.6 Å². The van der Waals surface area contributed by atoms with Gasteiger partial charge in [-0.05, 0) is 36.0 Å². The molecule has 0 heterocycles. The van der Waals surface area contributed by atoms with E-state index in [2.05, 4.69) is 10.6 Å². The second-order valence-electron chi connectivity index (χ2n) is 9.70. The van der Waals surface area contributed by atoms with Crippen molar-refractivity contribution in [2.45, 2.75) is 64.4 Å². The number of unbranched alkanes of at least 4 members (excludes halogenated alkanes) is 2. The minimum Gasteiger partial charge on any atom is -0.461 e. The van der Waals surface area contributed by atoms with Crippen molar-refractivity contribution in [1.82, 2.24) is 10.6 Å². The van der Waals surface area contributed by atoms with Gasteiger partial charge in [0.25, 0.3) is 0 Å². The molecule has 0 saturated heterocycles. The standard InChI is InChI=1S/C33H38N2O7/c36-30(34-22-12-4-11-19-31(37)40-23-26-13-5-1-6-14-26)21-20-29(32(38)41-24-27-15-7-2-8-16-27)35-33(39)42-25-28-17-9-3-10-18-28/h1-3,5-10,13-18,29H,4,11-12,19-25H2,(H,34,36)(H,35,39)/t29-/m0/s1. The quantitative estimate of drug-likeness (QED) is 0.129. The average Bonchev–Trinajstić information content (AvgIpc) is 3.03. The highest BCUT2D eigenvalue weighted by molar-refractivity contribution is 5.83. The monoisotopic (exact) mass is 574 g/mol. The summed E-state index contributed by atoms with van der Waals surface area (Å²) in [5.41, 5.74) is 2.55. The van der Waals surface area contributed by atoms with E-state index in [1.54, 1.807) is 0 Å². The first kappa shape index (κ1) is 31.9. The van der Waals surface area contributed by atoms with Crippen LogP contribution in [0.5, 0.6) is 0 Å². The van der Waals surface area contributed by atoms with Gasteiger partial charge >= 0.3 is 18.0 Å². The molecule has 3 aromatic rings. The first-order chi connectivity index (χ1) is 20.5. The van der Waals surface area contributed by atoms with E-state index in [0.717, 1.165) is 23.1 Å². The van der Waals surface area contributed by atoms with Crippen LogP contribution in [0.15, 0.2) is 91.0 Å². The molecule has 9 nitrogen and oxygen atoms in total. The first-order valence-electron chi connectivity index (χ1n) is 14.1. The number of hydrogen-bond donors (Lipinski definition) is 2. The highest BCUT2D eigenvalue weighted by Gasteiger charge is 2.24. The van der Waals surface area contributed by atoms with Crippen LogP contribution in [0.4, 0.5) is 4.79 Å². The molecular formula is C33H38N2O7. The van der Waals surface area contributed by atoms with Gasteiger partial charge in [-0.15, -0.1) is 0 Å². The summed E-state index contributed by atoms with van der Waals surface area (Å²) in [6, 6.07) is 26.8. The Morgan fingerprint density at radius 3 is 1.69 bits per heavy atom. The Kier molecular flexibility index (Phi) is 14.1. The number of esters is 2. The zero-order valence-corrected chi connectivity index (χ0v) is 23.7. The van der Waals surface area contributed by atoms with Crippen LogP contribution in [0.25, 0.3) is 0 Å². The van der Waals surface area contributed by atoms with Crippen LogP contribution in [0, 0.1) is 0 Å². The number of nitrogens with one attached hydrogen (secondary N) is 2. The number of carbonyl (C=O) groups is 4. The van der Waals surface area contributed by atoms with Crippen molar-refractivity contribution in [2.24, 2.45) is 0 Å². The Balaban J connectivity index is 1.35. The van der Waals surface area contributed by atoms with Crippen LogP contribution >= 0.6 is 0 Å². The van der Waals surface area contributed by atoms with Gasteiger partial charge in [0.1, 0.15) is 25.9 Å². The molecule has 1 atom stereocenters. The van der Waals surface area contributed by atoms with Gasteiger partial charge in [-0.1, -0.05) is 97.4 Å². The van der Waals surface area contributed by atoms with Crippen molar-refractivity contribution >= 4 is 23.9 Å².